The standard InChI is InChI=1S/C12HF10O2PS/c13-1-3(15)7(19)11(8(20)4(1)16)24-25(23)26-12-9(21)5(17)2(14)6(18)10(12)22/h23H. The predicted octanol–water partition coefficient (Wildman–Crippen LogP) is 5.47. The summed E-state index contributed by atoms with van der Waals surface area (Å²) in [5, 5.41) is 0. The van der Waals surface area contributed by atoms with E-state index in [0.29, 0.717) is 0 Å². The van der Waals surface area contributed by atoms with Crippen molar-refractivity contribution in [1.29, 1.82) is 0 Å². The van der Waals surface area contributed by atoms with Gasteiger partial charge in [0.25, 0.3) is 0 Å². The molecule has 0 aliphatic heterocycles. The molecule has 14 heteroatoms. The summed E-state index contributed by atoms with van der Waals surface area (Å²) in [4.78, 5) is 7.74. The topological polar surface area (TPSA) is 29.5 Å². The normalized spacial score (nSPS) is 12.4. The lowest BCUT2D eigenvalue weighted by Gasteiger charge is -2.14. The Labute approximate surface area is 142 Å². The summed E-state index contributed by atoms with van der Waals surface area (Å²) in [7, 11) is -3.52. The molecule has 0 fully saturated rings. The molecule has 2 nitrogen and oxygen atoms in total. The number of halogens is 10. The lowest BCUT2D eigenvalue weighted by molar-refractivity contribution is 0.347. The molecule has 2 rings (SSSR count). The van der Waals surface area contributed by atoms with Gasteiger partial charge in [-0.1, -0.05) is 0 Å². The van der Waals surface area contributed by atoms with Crippen LogP contribution in [-0.4, -0.2) is 4.89 Å². The van der Waals surface area contributed by atoms with E-state index in [9.17, 15) is 48.8 Å². The summed E-state index contributed by atoms with van der Waals surface area (Å²) in [5.41, 5.74) is 0. The van der Waals surface area contributed by atoms with Gasteiger partial charge in [-0.3, -0.25) is 0 Å². The molecule has 0 aliphatic rings. The van der Waals surface area contributed by atoms with Crippen molar-refractivity contribution < 1.29 is 53.3 Å². The first-order valence-electron chi connectivity index (χ1n) is 5.86. The van der Waals surface area contributed by atoms with Crippen molar-refractivity contribution in [2.45, 2.75) is 4.90 Å². The maximum Gasteiger partial charge on any atom is 0.301 e. The van der Waals surface area contributed by atoms with E-state index >= 15 is 0 Å². The van der Waals surface area contributed by atoms with E-state index in [-0.39, 0.29) is 0 Å². The van der Waals surface area contributed by atoms with Crippen molar-refractivity contribution in [3.63, 3.8) is 0 Å². The van der Waals surface area contributed by atoms with Crippen molar-refractivity contribution in [1.82, 2.24) is 0 Å². The minimum atomic E-state index is -3.52. The van der Waals surface area contributed by atoms with E-state index in [0.717, 1.165) is 0 Å². The summed E-state index contributed by atoms with van der Waals surface area (Å²) in [6.07, 6.45) is 0. The van der Waals surface area contributed by atoms with E-state index < -0.39 is 87.8 Å². The van der Waals surface area contributed by atoms with Gasteiger partial charge in [0, 0.05) is 0 Å². The number of hydrogen-bond donors (Lipinski definition) is 1. The molecule has 1 unspecified atom stereocenters. The van der Waals surface area contributed by atoms with E-state index in [1.807, 2.05) is 0 Å². The van der Waals surface area contributed by atoms with Gasteiger partial charge in [-0.05, 0) is 11.4 Å². The highest BCUT2D eigenvalue weighted by molar-refractivity contribution is 8.52. The molecule has 0 radical (unpaired) electrons. The van der Waals surface area contributed by atoms with Crippen LogP contribution in [0.3, 0.4) is 0 Å². The van der Waals surface area contributed by atoms with Gasteiger partial charge in [-0.2, -0.15) is 8.78 Å². The fourth-order valence-corrected chi connectivity index (χ4v) is 3.64. The molecule has 0 heterocycles. The Hall–Kier alpha value is -1.72. The van der Waals surface area contributed by atoms with Gasteiger partial charge in [0.15, 0.2) is 23.3 Å². The minimum Gasteiger partial charge on any atom is -0.433 e. The van der Waals surface area contributed by atoms with E-state index in [2.05, 4.69) is 4.52 Å². The van der Waals surface area contributed by atoms with E-state index in [1.165, 1.54) is 0 Å². The molecule has 0 saturated carbocycles. The Bertz CT molecular complexity index is 764. The fourth-order valence-electron chi connectivity index (χ4n) is 1.50. The van der Waals surface area contributed by atoms with Crippen LogP contribution in [0, 0.1) is 58.2 Å². The summed E-state index contributed by atoms with van der Waals surface area (Å²) in [6, 6.07) is 0. The third kappa shape index (κ3) is 3.42. The quantitative estimate of drug-likeness (QED) is 0.302. The van der Waals surface area contributed by atoms with Crippen molar-refractivity contribution in [3.05, 3.63) is 58.2 Å². The van der Waals surface area contributed by atoms with Gasteiger partial charge in [0.1, 0.15) is 0 Å². The molecule has 2 aromatic carbocycles. The highest BCUT2D eigenvalue weighted by Gasteiger charge is 2.32. The van der Waals surface area contributed by atoms with Crippen molar-refractivity contribution >= 4 is 19.0 Å². The summed E-state index contributed by atoms with van der Waals surface area (Å²) in [6.45, 7) is 0. The fraction of sp³-hybridized carbons (Fsp3) is 0. The van der Waals surface area contributed by atoms with Crippen LogP contribution >= 0.6 is 19.0 Å². The zero-order valence-electron chi connectivity index (χ0n) is 11.5. The van der Waals surface area contributed by atoms with Gasteiger partial charge in [0.2, 0.25) is 40.7 Å². The van der Waals surface area contributed by atoms with Crippen molar-refractivity contribution in [3.8, 4) is 5.75 Å². The molecule has 0 amide bonds. The van der Waals surface area contributed by atoms with Gasteiger partial charge in [-0.25, -0.2) is 35.1 Å². The number of benzene rings is 2. The number of hydrogen-bond acceptors (Lipinski definition) is 3. The zero-order valence-corrected chi connectivity index (χ0v) is 13.2. The molecular formula is C12HF10O2PS. The zero-order chi connectivity index (χ0) is 19.9. The molecule has 1 N–H and O–H groups in total. The largest absolute Gasteiger partial charge is 0.433 e. The first-order valence-corrected chi connectivity index (χ1v) is 8.50. The average Bonchev–Trinajstić information content (AvgIpc) is 2.62. The molecule has 142 valence electrons. The third-order valence-corrected chi connectivity index (χ3v) is 4.95. The first kappa shape index (κ1) is 20.6. The first-order chi connectivity index (χ1) is 12.0. The van der Waals surface area contributed by atoms with Crippen LogP contribution in [0.25, 0.3) is 0 Å². The molecular weight excluding hydrogens is 429 g/mol. The highest BCUT2D eigenvalue weighted by atomic mass is 32.7. The van der Waals surface area contributed by atoms with Gasteiger partial charge >= 0.3 is 7.58 Å². The maximum atomic E-state index is 13.4. The molecule has 0 spiro atoms. The second-order valence-corrected chi connectivity index (χ2v) is 6.95. The van der Waals surface area contributed by atoms with Crippen LogP contribution < -0.4 is 4.52 Å². The van der Waals surface area contributed by atoms with Crippen LogP contribution in [0.2, 0.25) is 0 Å². The SMILES string of the molecule is OP(Oc1c(F)c(F)c(F)c(F)c1F)Sc1c(F)c(F)c(F)c(F)c1F. The summed E-state index contributed by atoms with van der Waals surface area (Å²) >= 11 is -0.608. The summed E-state index contributed by atoms with van der Waals surface area (Å²) < 4.78 is 135. The van der Waals surface area contributed by atoms with Crippen LogP contribution in [-0.2, 0) is 0 Å². The predicted molar refractivity (Wildman–Crippen MR) is 68.1 cm³/mol. The molecule has 0 bridgehead atoms. The Morgan fingerprint density at radius 1 is 0.538 bits per heavy atom. The average molecular weight is 430 g/mol. The van der Waals surface area contributed by atoms with E-state index in [4.69, 9.17) is 0 Å². The van der Waals surface area contributed by atoms with Crippen LogP contribution in [0.15, 0.2) is 4.90 Å². The Morgan fingerprint density at radius 3 is 1.23 bits per heavy atom. The van der Waals surface area contributed by atoms with E-state index in [1.54, 1.807) is 0 Å². The van der Waals surface area contributed by atoms with Crippen LogP contribution in [0.4, 0.5) is 43.9 Å². The molecule has 0 saturated heterocycles. The van der Waals surface area contributed by atoms with Gasteiger partial charge in [-0.15, -0.1) is 0 Å². The highest BCUT2D eigenvalue weighted by Crippen LogP contribution is 2.54. The second-order valence-electron chi connectivity index (χ2n) is 4.22. The number of rotatable bonds is 4. The lowest BCUT2D eigenvalue weighted by Crippen LogP contribution is -2.05. The van der Waals surface area contributed by atoms with Gasteiger partial charge in [0.05, 0.1) is 4.90 Å². The van der Waals surface area contributed by atoms with Crippen LogP contribution in [0.1, 0.15) is 0 Å². The molecule has 0 aliphatic carbocycles. The molecule has 0 aromatic heterocycles. The smallest absolute Gasteiger partial charge is 0.301 e. The third-order valence-electron chi connectivity index (χ3n) is 2.68. The van der Waals surface area contributed by atoms with Crippen LogP contribution in [0.5, 0.6) is 5.75 Å². The molecule has 1 atom stereocenters. The Balaban J connectivity index is 2.39. The maximum absolute atomic E-state index is 13.4. The Morgan fingerprint density at radius 2 is 0.846 bits per heavy atom. The minimum absolute atomic E-state index is 0.608. The Kier molecular flexibility index (Phi) is 5.93. The van der Waals surface area contributed by atoms with Crippen molar-refractivity contribution in [2.75, 3.05) is 0 Å². The van der Waals surface area contributed by atoms with Crippen molar-refractivity contribution in [2.24, 2.45) is 0 Å². The summed E-state index contributed by atoms with van der Waals surface area (Å²) in [5.74, 6) is -26.5. The monoisotopic (exact) mass is 430 g/mol. The second kappa shape index (κ2) is 7.49. The molecule has 2 aromatic rings. The lowest BCUT2D eigenvalue weighted by atomic mass is 10.3. The molecule has 26 heavy (non-hydrogen) atoms. The van der Waals surface area contributed by atoms with Gasteiger partial charge < -0.3 is 9.42 Å².